The topological polar surface area (TPSA) is 117 Å². The van der Waals surface area contributed by atoms with E-state index in [1.807, 2.05) is 52.1 Å². The number of alkyl carbamates (subject to hydrolysis) is 1. The molecular weight excluding hydrogens is 449 g/mol. The van der Waals surface area contributed by atoms with Gasteiger partial charge in [0.05, 0.1) is 17.3 Å². The first-order valence-corrected chi connectivity index (χ1v) is 11.4. The van der Waals surface area contributed by atoms with E-state index in [0.717, 1.165) is 17.0 Å². The van der Waals surface area contributed by atoms with Crippen LogP contribution < -0.4 is 16.0 Å². The Morgan fingerprint density at radius 3 is 2.54 bits per heavy atom. The van der Waals surface area contributed by atoms with E-state index in [4.69, 9.17) is 4.74 Å². The molecule has 0 saturated carbocycles. The number of rotatable bonds is 7. The molecule has 3 N–H and O–H groups in total. The van der Waals surface area contributed by atoms with Crippen LogP contribution in [0.5, 0.6) is 0 Å². The number of aryl methyl sites for hydroxylation is 1. The van der Waals surface area contributed by atoms with Crippen LogP contribution in [0.15, 0.2) is 30.5 Å². The number of benzene rings is 1. The van der Waals surface area contributed by atoms with E-state index in [1.165, 1.54) is 0 Å². The Morgan fingerprint density at radius 1 is 1.20 bits per heavy atom. The molecule has 9 nitrogen and oxygen atoms in total. The molecule has 0 aliphatic rings. The van der Waals surface area contributed by atoms with Crippen LogP contribution in [0, 0.1) is 23.1 Å². The Kier molecular flexibility index (Phi) is 7.48. The largest absolute Gasteiger partial charge is 0.444 e. The number of ether oxygens (including phenoxy) is 1. The summed E-state index contributed by atoms with van der Waals surface area (Å²) in [7, 11) is 1.85. The number of amides is 1. The van der Waals surface area contributed by atoms with Crippen LogP contribution in [-0.4, -0.2) is 38.5 Å². The van der Waals surface area contributed by atoms with Crippen LogP contribution in [0.4, 0.5) is 26.5 Å². The maximum atomic E-state index is 14.9. The highest BCUT2D eigenvalue weighted by Crippen LogP contribution is 2.27. The summed E-state index contributed by atoms with van der Waals surface area (Å²) in [6.45, 7) is 11.1. The molecule has 1 aromatic carbocycles. The highest BCUT2D eigenvalue weighted by atomic mass is 19.1. The molecule has 2 aromatic heterocycles. The van der Waals surface area contributed by atoms with Gasteiger partial charge in [-0.2, -0.15) is 10.4 Å². The lowest BCUT2D eigenvalue weighted by Crippen LogP contribution is -2.49. The summed E-state index contributed by atoms with van der Waals surface area (Å²) in [5, 5.41) is 23.7. The van der Waals surface area contributed by atoms with Crippen LogP contribution in [0.3, 0.4) is 0 Å². The fourth-order valence-corrected chi connectivity index (χ4v) is 3.76. The van der Waals surface area contributed by atoms with Crippen LogP contribution in [0.1, 0.15) is 47.1 Å². The molecule has 2 heterocycles. The van der Waals surface area contributed by atoms with Gasteiger partial charge in [-0.3, -0.25) is 4.68 Å². The minimum Gasteiger partial charge on any atom is -0.444 e. The molecule has 0 radical (unpaired) electrons. The molecule has 0 fully saturated rings. The number of anilines is 3. The zero-order valence-corrected chi connectivity index (χ0v) is 21.1. The Hall–Kier alpha value is -3.87. The molecule has 2 atom stereocenters. The molecular formula is C25H32FN7O2. The summed E-state index contributed by atoms with van der Waals surface area (Å²) in [5.41, 5.74) is 1.08. The number of nitrogens with zero attached hydrogens (tertiary/aromatic N) is 4. The number of hydrogen-bond donors (Lipinski definition) is 3. The number of carbonyl (C=O) groups excluding carboxylic acids is 1. The SMILES string of the molecule is CC(C)[C@@H](Nc1nc(Nc2ccc3c(cnn3C)c2)c(C#N)cc1F)[C@H](C)NC(=O)OC(C)(C)C. The van der Waals surface area contributed by atoms with Crippen molar-refractivity contribution in [2.24, 2.45) is 13.0 Å². The van der Waals surface area contributed by atoms with Crippen molar-refractivity contribution < 1.29 is 13.9 Å². The number of aromatic nitrogens is 3. The van der Waals surface area contributed by atoms with Crippen LogP contribution >= 0.6 is 0 Å². The summed E-state index contributed by atoms with van der Waals surface area (Å²) >= 11 is 0. The van der Waals surface area contributed by atoms with Gasteiger partial charge in [-0.05, 0) is 57.9 Å². The molecule has 10 heteroatoms. The van der Waals surface area contributed by atoms with Gasteiger partial charge in [0.15, 0.2) is 17.5 Å². The summed E-state index contributed by atoms with van der Waals surface area (Å²) in [4.78, 5) is 16.6. The van der Waals surface area contributed by atoms with E-state index in [9.17, 15) is 14.4 Å². The summed E-state index contributed by atoms with van der Waals surface area (Å²) in [6, 6.07) is 7.99. The minimum atomic E-state index is -0.662. The summed E-state index contributed by atoms with van der Waals surface area (Å²) in [5.74, 6) is -0.452. The maximum absolute atomic E-state index is 14.9. The van der Waals surface area contributed by atoms with Gasteiger partial charge in [-0.25, -0.2) is 14.2 Å². The molecule has 1 amide bonds. The monoisotopic (exact) mass is 481 g/mol. The van der Waals surface area contributed by atoms with Crippen LogP contribution in [0.25, 0.3) is 10.9 Å². The summed E-state index contributed by atoms with van der Waals surface area (Å²) < 4.78 is 22.0. The number of fused-ring (bicyclic) bond motifs is 1. The van der Waals surface area contributed by atoms with Gasteiger partial charge in [-0.1, -0.05) is 13.8 Å². The number of nitriles is 1. The highest BCUT2D eigenvalue weighted by Gasteiger charge is 2.26. The highest BCUT2D eigenvalue weighted by molar-refractivity contribution is 5.83. The molecule has 0 saturated heterocycles. The Bertz CT molecular complexity index is 1260. The fraction of sp³-hybridized carbons (Fsp3) is 0.440. The lowest BCUT2D eigenvalue weighted by atomic mass is 9.97. The molecule has 3 aromatic rings. The lowest BCUT2D eigenvalue weighted by Gasteiger charge is -2.31. The van der Waals surface area contributed by atoms with E-state index in [1.54, 1.807) is 31.6 Å². The Morgan fingerprint density at radius 2 is 1.91 bits per heavy atom. The molecule has 0 aliphatic heterocycles. The zero-order chi connectivity index (χ0) is 25.9. The second-order valence-corrected chi connectivity index (χ2v) is 9.84. The number of pyridine rings is 1. The van der Waals surface area contributed by atoms with Gasteiger partial charge in [-0.15, -0.1) is 0 Å². The van der Waals surface area contributed by atoms with Gasteiger partial charge in [0.25, 0.3) is 0 Å². The van der Waals surface area contributed by atoms with E-state index in [0.29, 0.717) is 5.69 Å². The third-order valence-corrected chi connectivity index (χ3v) is 5.41. The first-order chi connectivity index (χ1) is 16.4. The minimum absolute atomic E-state index is 0.0150. The smallest absolute Gasteiger partial charge is 0.407 e. The third kappa shape index (κ3) is 6.38. The van der Waals surface area contributed by atoms with E-state index < -0.39 is 23.6 Å². The fourth-order valence-electron chi connectivity index (χ4n) is 3.76. The van der Waals surface area contributed by atoms with Crippen molar-refractivity contribution in [2.45, 2.75) is 59.2 Å². The molecule has 0 unspecified atom stereocenters. The average Bonchev–Trinajstić information content (AvgIpc) is 3.11. The molecule has 0 aliphatic carbocycles. The van der Waals surface area contributed by atoms with Crippen molar-refractivity contribution >= 4 is 34.3 Å². The molecule has 0 bridgehead atoms. The van der Waals surface area contributed by atoms with Crippen LogP contribution in [0.2, 0.25) is 0 Å². The van der Waals surface area contributed by atoms with Crippen molar-refractivity contribution in [1.29, 1.82) is 5.26 Å². The molecule has 0 spiro atoms. The first kappa shape index (κ1) is 25.7. The predicted octanol–water partition coefficient (Wildman–Crippen LogP) is 5.07. The maximum Gasteiger partial charge on any atom is 0.407 e. The lowest BCUT2D eigenvalue weighted by molar-refractivity contribution is 0.0500. The first-order valence-electron chi connectivity index (χ1n) is 11.4. The van der Waals surface area contributed by atoms with Crippen molar-refractivity contribution in [3.63, 3.8) is 0 Å². The number of nitrogens with one attached hydrogen (secondary N) is 3. The van der Waals surface area contributed by atoms with Crippen molar-refractivity contribution in [3.8, 4) is 6.07 Å². The number of carbonyl (C=O) groups is 1. The molecule has 186 valence electrons. The normalized spacial score (nSPS) is 13.3. The van der Waals surface area contributed by atoms with Gasteiger partial charge in [0.1, 0.15) is 11.7 Å². The Labute approximate surface area is 204 Å². The second kappa shape index (κ2) is 10.2. The molecule has 35 heavy (non-hydrogen) atoms. The summed E-state index contributed by atoms with van der Waals surface area (Å²) in [6.07, 6.45) is 1.18. The third-order valence-electron chi connectivity index (χ3n) is 5.41. The zero-order valence-electron chi connectivity index (χ0n) is 21.1. The predicted molar refractivity (Wildman–Crippen MR) is 134 cm³/mol. The average molecular weight is 482 g/mol. The van der Waals surface area contributed by atoms with Gasteiger partial charge < -0.3 is 20.7 Å². The second-order valence-electron chi connectivity index (χ2n) is 9.84. The van der Waals surface area contributed by atoms with Gasteiger partial charge in [0, 0.05) is 30.2 Å². The molecule has 3 rings (SSSR count). The van der Waals surface area contributed by atoms with Crippen molar-refractivity contribution in [3.05, 3.63) is 41.8 Å². The van der Waals surface area contributed by atoms with Crippen molar-refractivity contribution in [2.75, 3.05) is 10.6 Å². The quantitative estimate of drug-likeness (QED) is 0.431. The Balaban J connectivity index is 1.85. The number of hydrogen-bond acceptors (Lipinski definition) is 7. The standard InChI is InChI=1S/C25H32FN7O2/c1-14(2)21(15(3)29-24(34)35-25(4,5)6)31-23-19(26)11-16(12-27)22(32-23)30-18-8-9-20-17(10-18)13-28-33(20)7/h8-11,13-15,21H,1-7H3,(H,29,34)(H2,30,31,32)/t15-,21+/m0/s1. The van der Waals surface area contributed by atoms with E-state index in [-0.39, 0.29) is 29.2 Å². The number of halogens is 1. The van der Waals surface area contributed by atoms with E-state index >= 15 is 0 Å². The van der Waals surface area contributed by atoms with Gasteiger partial charge >= 0.3 is 6.09 Å². The van der Waals surface area contributed by atoms with Crippen LogP contribution in [-0.2, 0) is 11.8 Å². The van der Waals surface area contributed by atoms with Crippen molar-refractivity contribution in [1.82, 2.24) is 20.1 Å². The van der Waals surface area contributed by atoms with Gasteiger partial charge in [0.2, 0.25) is 0 Å². The van der Waals surface area contributed by atoms with E-state index in [2.05, 4.69) is 26.0 Å².